The molecular formula is C12H22BrN3. The van der Waals surface area contributed by atoms with Gasteiger partial charge in [-0.1, -0.05) is 29.8 Å². The van der Waals surface area contributed by atoms with Crippen molar-refractivity contribution in [2.75, 3.05) is 0 Å². The van der Waals surface area contributed by atoms with Gasteiger partial charge >= 0.3 is 0 Å². The first kappa shape index (κ1) is 13.7. The molecule has 1 heterocycles. The van der Waals surface area contributed by atoms with Gasteiger partial charge in [0, 0.05) is 17.3 Å². The number of hydrogen-bond acceptors (Lipinski definition) is 2. The van der Waals surface area contributed by atoms with Crippen molar-refractivity contribution in [2.24, 2.45) is 5.92 Å². The standard InChI is InChI=1S/C12H22BrN3/c1-9(2)11(13)6-5-7-12-14-8-15-16(12)10(3)4/h8-11H,5-7H2,1-4H3. The second kappa shape index (κ2) is 6.38. The lowest BCUT2D eigenvalue weighted by Crippen LogP contribution is -2.10. The van der Waals surface area contributed by atoms with Crippen LogP contribution in [0.4, 0.5) is 0 Å². The predicted octanol–water partition coefficient (Wildman–Crippen LogP) is 3.60. The van der Waals surface area contributed by atoms with Crippen molar-refractivity contribution < 1.29 is 0 Å². The van der Waals surface area contributed by atoms with Crippen LogP contribution in [-0.2, 0) is 6.42 Å². The van der Waals surface area contributed by atoms with Crippen molar-refractivity contribution >= 4 is 15.9 Å². The highest BCUT2D eigenvalue weighted by Gasteiger charge is 2.11. The van der Waals surface area contributed by atoms with Gasteiger partial charge in [-0.25, -0.2) is 9.67 Å². The van der Waals surface area contributed by atoms with E-state index in [-0.39, 0.29) is 0 Å². The SMILES string of the molecule is CC(C)C(Br)CCCc1ncnn1C(C)C. The molecule has 0 amide bonds. The van der Waals surface area contributed by atoms with Gasteiger partial charge in [0.1, 0.15) is 12.2 Å². The van der Waals surface area contributed by atoms with Crippen molar-refractivity contribution in [2.45, 2.75) is 57.8 Å². The molecule has 0 fully saturated rings. The summed E-state index contributed by atoms with van der Waals surface area (Å²) in [5.41, 5.74) is 0. The molecule has 1 rings (SSSR count). The second-order valence-corrected chi connectivity index (χ2v) is 6.04. The third-order valence-corrected chi connectivity index (χ3v) is 4.26. The van der Waals surface area contributed by atoms with E-state index in [1.54, 1.807) is 6.33 Å². The normalized spacial score (nSPS) is 13.7. The Kier molecular flexibility index (Phi) is 5.46. The number of aryl methyl sites for hydroxylation is 1. The van der Waals surface area contributed by atoms with Crippen molar-refractivity contribution in [1.82, 2.24) is 14.8 Å². The molecule has 0 bridgehead atoms. The molecule has 1 aromatic rings. The highest BCUT2D eigenvalue weighted by molar-refractivity contribution is 9.09. The van der Waals surface area contributed by atoms with Crippen LogP contribution in [0.1, 0.15) is 52.4 Å². The van der Waals surface area contributed by atoms with Gasteiger partial charge in [0.2, 0.25) is 0 Å². The third kappa shape index (κ3) is 3.89. The zero-order valence-electron chi connectivity index (χ0n) is 10.7. The molecule has 0 spiro atoms. The van der Waals surface area contributed by atoms with Crippen molar-refractivity contribution in [3.8, 4) is 0 Å². The summed E-state index contributed by atoms with van der Waals surface area (Å²) in [6.45, 7) is 8.77. The second-order valence-electron chi connectivity index (χ2n) is 4.87. The van der Waals surface area contributed by atoms with Crippen LogP contribution in [0.15, 0.2) is 6.33 Å². The van der Waals surface area contributed by atoms with E-state index in [9.17, 15) is 0 Å². The fourth-order valence-electron chi connectivity index (χ4n) is 1.67. The van der Waals surface area contributed by atoms with Gasteiger partial charge in [0.25, 0.3) is 0 Å². The molecule has 1 aromatic heterocycles. The van der Waals surface area contributed by atoms with Gasteiger partial charge in [-0.05, 0) is 32.6 Å². The Morgan fingerprint density at radius 1 is 1.31 bits per heavy atom. The first-order valence-electron chi connectivity index (χ1n) is 6.04. The molecule has 0 saturated carbocycles. The van der Waals surface area contributed by atoms with E-state index in [1.807, 2.05) is 4.68 Å². The molecule has 1 unspecified atom stereocenters. The number of alkyl halides is 1. The first-order chi connectivity index (χ1) is 7.52. The maximum absolute atomic E-state index is 4.32. The highest BCUT2D eigenvalue weighted by Crippen LogP contribution is 2.19. The van der Waals surface area contributed by atoms with Gasteiger partial charge in [-0.15, -0.1) is 0 Å². The average molecular weight is 288 g/mol. The molecule has 0 aliphatic carbocycles. The predicted molar refractivity (Wildman–Crippen MR) is 70.9 cm³/mol. The van der Waals surface area contributed by atoms with Crippen LogP contribution in [0.5, 0.6) is 0 Å². The van der Waals surface area contributed by atoms with Gasteiger partial charge < -0.3 is 0 Å². The zero-order chi connectivity index (χ0) is 12.1. The minimum atomic E-state index is 0.405. The van der Waals surface area contributed by atoms with Crippen LogP contribution in [0.25, 0.3) is 0 Å². The van der Waals surface area contributed by atoms with Gasteiger partial charge in [-0.2, -0.15) is 5.10 Å². The van der Waals surface area contributed by atoms with E-state index in [1.165, 1.54) is 12.8 Å². The van der Waals surface area contributed by atoms with Crippen LogP contribution in [-0.4, -0.2) is 19.6 Å². The molecule has 0 radical (unpaired) electrons. The molecule has 16 heavy (non-hydrogen) atoms. The molecule has 0 saturated heterocycles. The van der Waals surface area contributed by atoms with Crippen molar-refractivity contribution in [1.29, 1.82) is 0 Å². The summed E-state index contributed by atoms with van der Waals surface area (Å²) in [5, 5.41) is 4.24. The van der Waals surface area contributed by atoms with E-state index >= 15 is 0 Å². The fourth-order valence-corrected chi connectivity index (χ4v) is 2.00. The Morgan fingerprint density at radius 2 is 2.00 bits per heavy atom. The first-order valence-corrected chi connectivity index (χ1v) is 6.96. The Bertz CT molecular complexity index is 307. The summed E-state index contributed by atoms with van der Waals surface area (Å²) in [6, 6.07) is 0.405. The van der Waals surface area contributed by atoms with Crippen LogP contribution in [0.3, 0.4) is 0 Å². The monoisotopic (exact) mass is 287 g/mol. The summed E-state index contributed by atoms with van der Waals surface area (Å²) in [7, 11) is 0. The topological polar surface area (TPSA) is 30.7 Å². The molecule has 0 aliphatic rings. The van der Waals surface area contributed by atoms with E-state index in [0.29, 0.717) is 16.8 Å². The molecule has 0 aromatic carbocycles. The fraction of sp³-hybridized carbons (Fsp3) is 0.833. The van der Waals surface area contributed by atoms with Crippen LogP contribution in [0.2, 0.25) is 0 Å². The Balaban J connectivity index is 2.40. The minimum absolute atomic E-state index is 0.405. The molecule has 1 atom stereocenters. The largest absolute Gasteiger partial charge is 0.248 e. The molecule has 92 valence electrons. The lowest BCUT2D eigenvalue weighted by molar-refractivity contribution is 0.491. The van der Waals surface area contributed by atoms with Crippen LogP contribution >= 0.6 is 15.9 Å². The molecule has 0 N–H and O–H groups in total. The summed E-state index contributed by atoms with van der Waals surface area (Å²) in [4.78, 5) is 4.93. The highest BCUT2D eigenvalue weighted by atomic mass is 79.9. The quantitative estimate of drug-likeness (QED) is 0.749. The van der Waals surface area contributed by atoms with Gasteiger partial charge in [0.05, 0.1) is 0 Å². The average Bonchev–Trinajstić information content (AvgIpc) is 2.65. The van der Waals surface area contributed by atoms with E-state index in [0.717, 1.165) is 12.2 Å². The van der Waals surface area contributed by atoms with Gasteiger partial charge in [0.15, 0.2) is 0 Å². The number of halogens is 1. The van der Waals surface area contributed by atoms with Crippen molar-refractivity contribution in [3.05, 3.63) is 12.2 Å². The van der Waals surface area contributed by atoms with E-state index < -0.39 is 0 Å². The maximum atomic E-state index is 4.32. The summed E-state index contributed by atoms with van der Waals surface area (Å²) in [5.74, 6) is 1.81. The molecule has 0 aliphatic heterocycles. The number of aromatic nitrogens is 3. The third-order valence-electron chi connectivity index (χ3n) is 2.74. The minimum Gasteiger partial charge on any atom is -0.248 e. The van der Waals surface area contributed by atoms with Gasteiger partial charge in [-0.3, -0.25) is 0 Å². The summed E-state index contributed by atoms with van der Waals surface area (Å²) in [6.07, 6.45) is 5.04. The van der Waals surface area contributed by atoms with Crippen LogP contribution in [0, 0.1) is 5.92 Å². The smallest absolute Gasteiger partial charge is 0.138 e. The van der Waals surface area contributed by atoms with E-state index in [4.69, 9.17) is 0 Å². The number of nitrogens with zero attached hydrogens (tertiary/aromatic N) is 3. The maximum Gasteiger partial charge on any atom is 0.138 e. The lowest BCUT2D eigenvalue weighted by Gasteiger charge is -2.13. The number of rotatable bonds is 6. The zero-order valence-corrected chi connectivity index (χ0v) is 12.2. The Hall–Kier alpha value is -0.380. The van der Waals surface area contributed by atoms with Crippen molar-refractivity contribution in [3.63, 3.8) is 0 Å². The van der Waals surface area contributed by atoms with Crippen LogP contribution < -0.4 is 0 Å². The lowest BCUT2D eigenvalue weighted by atomic mass is 10.1. The molecule has 4 heteroatoms. The Morgan fingerprint density at radius 3 is 2.56 bits per heavy atom. The Labute approximate surface area is 107 Å². The summed E-state index contributed by atoms with van der Waals surface area (Å²) >= 11 is 3.71. The van der Waals surface area contributed by atoms with E-state index in [2.05, 4.69) is 53.7 Å². The summed E-state index contributed by atoms with van der Waals surface area (Å²) < 4.78 is 2.01. The number of hydrogen-bond donors (Lipinski definition) is 0. The molecular weight excluding hydrogens is 266 g/mol. The molecule has 3 nitrogen and oxygen atoms in total.